The number of rotatable bonds is 12. The molecular formula is C28H32ClN3O5S. The number of ether oxygens (including phenoxy) is 1. The van der Waals surface area contributed by atoms with Crippen LogP contribution >= 0.6 is 11.6 Å². The summed E-state index contributed by atoms with van der Waals surface area (Å²) in [4.78, 5) is 28.3. The van der Waals surface area contributed by atoms with E-state index in [0.29, 0.717) is 29.3 Å². The molecule has 202 valence electrons. The van der Waals surface area contributed by atoms with Gasteiger partial charge in [0.15, 0.2) is 0 Å². The quantitative estimate of drug-likeness (QED) is 0.354. The Balaban J connectivity index is 2.08. The summed E-state index contributed by atoms with van der Waals surface area (Å²) in [6.07, 6.45) is 0.326. The zero-order valence-corrected chi connectivity index (χ0v) is 23.2. The molecule has 0 radical (unpaired) electrons. The normalized spacial score (nSPS) is 11.9. The van der Waals surface area contributed by atoms with Gasteiger partial charge in [0.2, 0.25) is 11.8 Å². The van der Waals surface area contributed by atoms with Crippen LogP contribution in [-0.4, -0.2) is 51.4 Å². The van der Waals surface area contributed by atoms with E-state index in [0.717, 1.165) is 4.31 Å². The van der Waals surface area contributed by atoms with E-state index in [1.807, 2.05) is 0 Å². The number of halogens is 1. The van der Waals surface area contributed by atoms with E-state index in [1.54, 1.807) is 80.6 Å². The van der Waals surface area contributed by atoms with Crippen LogP contribution in [0.5, 0.6) is 5.75 Å². The third-order valence-corrected chi connectivity index (χ3v) is 8.14. The molecule has 3 aromatic rings. The number of nitrogens with zero attached hydrogens (tertiary/aromatic N) is 2. The van der Waals surface area contributed by atoms with E-state index in [1.165, 1.54) is 24.1 Å². The molecule has 0 saturated carbocycles. The predicted octanol–water partition coefficient (Wildman–Crippen LogP) is 4.49. The molecule has 1 atom stereocenters. The van der Waals surface area contributed by atoms with Crippen molar-refractivity contribution in [1.29, 1.82) is 0 Å². The number of benzene rings is 3. The molecule has 0 fully saturated rings. The minimum absolute atomic E-state index is 0.0315. The van der Waals surface area contributed by atoms with Gasteiger partial charge in [0.25, 0.3) is 10.0 Å². The van der Waals surface area contributed by atoms with Crippen molar-refractivity contribution in [3.63, 3.8) is 0 Å². The highest BCUT2D eigenvalue weighted by molar-refractivity contribution is 7.92. The maximum atomic E-state index is 13.9. The van der Waals surface area contributed by atoms with E-state index in [4.69, 9.17) is 16.3 Å². The number of amides is 2. The van der Waals surface area contributed by atoms with E-state index < -0.39 is 28.5 Å². The first kappa shape index (κ1) is 29.0. The van der Waals surface area contributed by atoms with Crippen LogP contribution < -0.4 is 14.4 Å². The first-order valence-electron chi connectivity index (χ1n) is 12.2. The van der Waals surface area contributed by atoms with E-state index in [9.17, 15) is 18.0 Å². The van der Waals surface area contributed by atoms with Crippen LogP contribution in [0.25, 0.3) is 0 Å². The summed E-state index contributed by atoms with van der Waals surface area (Å²) >= 11 is 6.39. The monoisotopic (exact) mass is 557 g/mol. The Morgan fingerprint density at radius 2 is 1.66 bits per heavy atom. The molecule has 10 heteroatoms. The number of sulfonamides is 1. The van der Waals surface area contributed by atoms with Crippen molar-refractivity contribution in [3.05, 3.63) is 89.4 Å². The van der Waals surface area contributed by atoms with Gasteiger partial charge in [-0.25, -0.2) is 8.42 Å². The Hall–Kier alpha value is -3.56. The second-order valence-corrected chi connectivity index (χ2v) is 10.7. The van der Waals surface area contributed by atoms with Gasteiger partial charge in [-0.15, -0.1) is 0 Å². The molecule has 8 nitrogen and oxygen atoms in total. The van der Waals surface area contributed by atoms with Crippen LogP contribution in [0.2, 0.25) is 5.02 Å². The number of likely N-dealkylation sites (N-methyl/N-ethyl adjacent to an activating group) is 1. The number of anilines is 1. The molecule has 3 rings (SSSR count). The van der Waals surface area contributed by atoms with Gasteiger partial charge in [-0.3, -0.25) is 13.9 Å². The van der Waals surface area contributed by atoms with Gasteiger partial charge in [0, 0.05) is 24.2 Å². The first-order valence-corrected chi connectivity index (χ1v) is 14.1. The van der Waals surface area contributed by atoms with Crippen LogP contribution in [-0.2, 0) is 26.2 Å². The van der Waals surface area contributed by atoms with Crippen molar-refractivity contribution in [2.75, 3.05) is 24.5 Å². The van der Waals surface area contributed by atoms with Crippen molar-refractivity contribution < 1.29 is 22.7 Å². The summed E-state index contributed by atoms with van der Waals surface area (Å²) in [6, 6.07) is 20.6. The molecule has 1 N–H and O–H groups in total. The van der Waals surface area contributed by atoms with Crippen LogP contribution in [0.15, 0.2) is 83.8 Å². The summed E-state index contributed by atoms with van der Waals surface area (Å²) in [7, 11) is -2.67. The van der Waals surface area contributed by atoms with Crippen LogP contribution in [0.1, 0.15) is 25.8 Å². The summed E-state index contributed by atoms with van der Waals surface area (Å²) < 4.78 is 33.9. The van der Waals surface area contributed by atoms with Crippen molar-refractivity contribution >= 4 is 39.1 Å². The molecule has 2 amide bonds. The SMILES string of the molecule is CCNC(=O)[C@H](CC)N(Cc1ccccc1Cl)C(=O)CN(c1cccc(OC)c1)S(=O)(=O)c1ccccc1. The Morgan fingerprint density at radius 1 is 0.974 bits per heavy atom. The fourth-order valence-corrected chi connectivity index (χ4v) is 5.66. The number of carbonyl (C=O) groups excluding carboxylic acids is 2. The van der Waals surface area contributed by atoms with Gasteiger partial charge >= 0.3 is 0 Å². The highest BCUT2D eigenvalue weighted by atomic mass is 35.5. The summed E-state index contributed by atoms with van der Waals surface area (Å²) in [5.41, 5.74) is 0.898. The topological polar surface area (TPSA) is 96.0 Å². The molecular weight excluding hydrogens is 526 g/mol. The van der Waals surface area contributed by atoms with E-state index in [2.05, 4.69) is 5.32 Å². The smallest absolute Gasteiger partial charge is 0.264 e. The minimum atomic E-state index is -4.15. The lowest BCUT2D eigenvalue weighted by molar-refractivity contribution is -0.140. The highest BCUT2D eigenvalue weighted by Crippen LogP contribution is 2.28. The average Bonchev–Trinajstić information content (AvgIpc) is 2.93. The van der Waals surface area contributed by atoms with E-state index >= 15 is 0 Å². The summed E-state index contributed by atoms with van der Waals surface area (Å²) in [6.45, 7) is 3.48. The molecule has 0 aliphatic carbocycles. The van der Waals surface area contributed by atoms with Crippen LogP contribution in [0.4, 0.5) is 5.69 Å². The summed E-state index contributed by atoms with van der Waals surface area (Å²) in [5.74, 6) is -0.440. The fraction of sp³-hybridized carbons (Fsp3) is 0.286. The third-order valence-electron chi connectivity index (χ3n) is 5.99. The second kappa shape index (κ2) is 13.3. The minimum Gasteiger partial charge on any atom is -0.497 e. The molecule has 0 heterocycles. The van der Waals surface area contributed by atoms with Crippen LogP contribution in [0, 0.1) is 0 Å². The number of carbonyl (C=O) groups is 2. The highest BCUT2D eigenvalue weighted by Gasteiger charge is 2.33. The van der Waals surface area contributed by atoms with Gasteiger partial charge in [0.05, 0.1) is 17.7 Å². The fourth-order valence-electron chi connectivity index (χ4n) is 4.04. The number of hydrogen-bond acceptors (Lipinski definition) is 5. The Bertz CT molecular complexity index is 1350. The van der Waals surface area contributed by atoms with Crippen LogP contribution in [0.3, 0.4) is 0 Å². The zero-order chi connectivity index (χ0) is 27.7. The van der Waals surface area contributed by atoms with Gasteiger partial charge in [-0.2, -0.15) is 0 Å². The molecule has 3 aromatic carbocycles. The van der Waals surface area contributed by atoms with Gasteiger partial charge in [-0.1, -0.05) is 61.0 Å². The zero-order valence-electron chi connectivity index (χ0n) is 21.6. The molecule has 0 saturated heterocycles. The molecule has 38 heavy (non-hydrogen) atoms. The first-order chi connectivity index (χ1) is 18.2. The summed E-state index contributed by atoms with van der Waals surface area (Å²) in [5, 5.41) is 3.22. The molecule has 0 aliphatic rings. The lowest BCUT2D eigenvalue weighted by Gasteiger charge is -2.33. The van der Waals surface area contributed by atoms with Gasteiger partial charge in [0.1, 0.15) is 18.3 Å². The Labute approximate surface area is 229 Å². The van der Waals surface area contributed by atoms with Crippen molar-refractivity contribution in [2.24, 2.45) is 0 Å². The van der Waals surface area contributed by atoms with Crippen molar-refractivity contribution in [1.82, 2.24) is 10.2 Å². The van der Waals surface area contributed by atoms with Gasteiger partial charge < -0.3 is 15.0 Å². The number of nitrogens with one attached hydrogen (secondary N) is 1. The predicted molar refractivity (Wildman–Crippen MR) is 149 cm³/mol. The lowest BCUT2D eigenvalue weighted by Crippen LogP contribution is -2.52. The molecule has 0 aliphatic heterocycles. The maximum absolute atomic E-state index is 13.9. The van der Waals surface area contributed by atoms with Crippen molar-refractivity contribution in [3.8, 4) is 5.75 Å². The lowest BCUT2D eigenvalue weighted by atomic mass is 10.1. The molecule has 0 bridgehead atoms. The second-order valence-electron chi connectivity index (χ2n) is 8.46. The largest absolute Gasteiger partial charge is 0.497 e. The Morgan fingerprint density at radius 3 is 2.29 bits per heavy atom. The third kappa shape index (κ3) is 6.85. The van der Waals surface area contributed by atoms with Gasteiger partial charge in [-0.05, 0) is 49.2 Å². The van der Waals surface area contributed by atoms with E-state index in [-0.39, 0.29) is 23.0 Å². The molecule has 0 unspecified atom stereocenters. The Kier molecular flexibility index (Phi) is 10.2. The number of methoxy groups -OCH3 is 1. The molecule has 0 spiro atoms. The average molecular weight is 558 g/mol. The number of hydrogen-bond donors (Lipinski definition) is 1. The van der Waals surface area contributed by atoms with Crippen molar-refractivity contribution in [2.45, 2.75) is 37.8 Å². The standard InChI is InChI=1S/C28H32ClN3O5S/c1-4-26(28(34)30-5-2)31(19-21-12-9-10-17-25(21)29)27(33)20-32(22-13-11-14-23(18-22)37-3)38(35,36)24-15-7-6-8-16-24/h6-18,26H,4-5,19-20H2,1-3H3,(H,30,34)/t26-/m0/s1. The maximum Gasteiger partial charge on any atom is 0.264 e. The molecule has 0 aromatic heterocycles.